The molecule has 0 fully saturated rings. The molecular weight excluding hydrogens is 277 g/mol. The highest BCUT2D eigenvalue weighted by atomic mass is 35.5. The van der Waals surface area contributed by atoms with E-state index in [9.17, 15) is 9.50 Å². The fourth-order valence-electron chi connectivity index (χ4n) is 2.91. The van der Waals surface area contributed by atoms with Gasteiger partial charge in [-0.2, -0.15) is 0 Å². The molecular formula is C16H15ClFNO. The number of fused-ring (bicyclic) bond motifs is 1. The number of halogens is 2. The summed E-state index contributed by atoms with van der Waals surface area (Å²) in [5.74, 6) is -0.203. The van der Waals surface area contributed by atoms with Crippen LogP contribution >= 0.6 is 11.6 Å². The molecule has 0 spiro atoms. The molecule has 0 aromatic heterocycles. The smallest absolute Gasteiger partial charge is 0.126 e. The second-order valence-electron chi connectivity index (χ2n) is 5.14. The van der Waals surface area contributed by atoms with Crippen molar-refractivity contribution in [1.29, 1.82) is 0 Å². The Hall–Kier alpha value is -1.58. The SMILES string of the molecule is OCC1(Nc2cccc(Cl)c2)CCc2c(F)cccc21. The zero-order chi connectivity index (χ0) is 14.2. The molecule has 104 valence electrons. The van der Waals surface area contributed by atoms with Crippen LogP contribution in [0.15, 0.2) is 42.5 Å². The number of hydrogen-bond acceptors (Lipinski definition) is 2. The van der Waals surface area contributed by atoms with Crippen LogP contribution in [-0.2, 0) is 12.0 Å². The minimum Gasteiger partial charge on any atom is -0.394 e. The van der Waals surface area contributed by atoms with Crippen LogP contribution in [0.4, 0.5) is 10.1 Å². The van der Waals surface area contributed by atoms with Gasteiger partial charge in [-0.3, -0.25) is 0 Å². The molecule has 0 aliphatic heterocycles. The van der Waals surface area contributed by atoms with Crippen molar-refractivity contribution in [2.75, 3.05) is 11.9 Å². The topological polar surface area (TPSA) is 32.3 Å². The van der Waals surface area contributed by atoms with E-state index in [4.69, 9.17) is 11.6 Å². The van der Waals surface area contributed by atoms with Crippen molar-refractivity contribution in [1.82, 2.24) is 0 Å². The Bertz CT molecular complexity index is 646. The Labute approximate surface area is 122 Å². The third kappa shape index (κ3) is 2.17. The number of aliphatic hydroxyl groups excluding tert-OH is 1. The number of rotatable bonds is 3. The number of aliphatic hydroxyl groups is 1. The fourth-order valence-corrected chi connectivity index (χ4v) is 3.10. The van der Waals surface area contributed by atoms with Crippen LogP contribution in [0.3, 0.4) is 0 Å². The molecule has 2 aromatic carbocycles. The summed E-state index contributed by atoms with van der Waals surface area (Å²) in [5.41, 5.74) is 1.71. The van der Waals surface area contributed by atoms with Gasteiger partial charge < -0.3 is 10.4 Å². The summed E-state index contributed by atoms with van der Waals surface area (Å²) < 4.78 is 13.8. The van der Waals surface area contributed by atoms with Gasteiger partial charge in [-0.15, -0.1) is 0 Å². The molecule has 1 aliphatic rings. The molecule has 0 heterocycles. The van der Waals surface area contributed by atoms with Crippen LogP contribution in [0.25, 0.3) is 0 Å². The summed E-state index contributed by atoms with van der Waals surface area (Å²) in [5, 5.41) is 13.8. The van der Waals surface area contributed by atoms with Crippen LogP contribution in [0.2, 0.25) is 5.02 Å². The monoisotopic (exact) mass is 291 g/mol. The summed E-state index contributed by atoms with van der Waals surface area (Å²) in [6.07, 6.45) is 1.28. The summed E-state index contributed by atoms with van der Waals surface area (Å²) in [7, 11) is 0. The molecule has 2 nitrogen and oxygen atoms in total. The minimum atomic E-state index is -0.637. The van der Waals surface area contributed by atoms with E-state index in [-0.39, 0.29) is 12.4 Å². The Kier molecular flexibility index (Phi) is 3.40. The van der Waals surface area contributed by atoms with Crippen molar-refractivity contribution in [2.45, 2.75) is 18.4 Å². The first-order valence-corrected chi connectivity index (χ1v) is 6.95. The number of benzene rings is 2. The normalized spacial score (nSPS) is 20.8. The lowest BCUT2D eigenvalue weighted by Crippen LogP contribution is -2.36. The lowest BCUT2D eigenvalue weighted by molar-refractivity contribution is 0.212. The molecule has 0 bridgehead atoms. The first-order valence-electron chi connectivity index (χ1n) is 6.57. The summed E-state index contributed by atoms with van der Waals surface area (Å²) >= 11 is 5.98. The predicted molar refractivity (Wildman–Crippen MR) is 78.6 cm³/mol. The summed E-state index contributed by atoms with van der Waals surface area (Å²) in [6.45, 7) is -0.0873. The Morgan fingerprint density at radius 2 is 2.05 bits per heavy atom. The van der Waals surface area contributed by atoms with E-state index in [1.807, 2.05) is 18.2 Å². The van der Waals surface area contributed by atoms with Gasteiger partial charge in [0.25, 0.3) is 0 Å². The highest BCUT2D eigenvalue weighted by Crippen LogP contribution is 2.40. The van der Waals surface area contributed by atoms with Gasteiger partial charge in [0, 0.05) is 10.7 Å². The van der Waals surface area contributed by atoms with Crippen molar-refractivity contribution >= 4 is 17.3 Å². The molecule has 0 saturated carbocycles. The van der Waals surface area contributed by atoms with E-state index in [0.717, 1.165) is 11.3 Å². The first-order chi connectivity index (χ1) is 9.64. The van der Waals surface area contributed by atoms with Gasteiger partial charge in [0.1, 0.15) is 5.82 Å². The fraction of sp³-hybridized carbons (Fsp3) is 0.250. The lowest BCUT2D eigenvalue weighted by atomic mass is 9.92. The van der Waals surface area contributed by atoms with Gasteiger partial charge in [0.05, 0.1) is 12.1 Å². The van der Waals surface area contributed by atoms with Gasteiger partial charge in [-0.1, -0.05) is 29.8 Å². The molecule has 2 N–H and O–H groups in total. The molecule has 0 radical (unpaired) electrons. The van der Waals surface area contributed by atoms with Gasteiger partial charge in [-0.25, -0.2) is 4.39 Å². The molecule has 4 heteroatoms. The van der Waals surface area contributed by atoms with Crippen LogP contribution in [0.5, 0.6) is 0 Å². The van der Waals surface area contributed by atoms with Gasteiger partial charge in [-0.05, 0) is 48.2 Å². The molecule has 2 aromatic rings. The van der Waals surface area contributed by atoms with Crippen molar-refractivity contribution in [2.24, 2.45) is 0 Å². The summed E-state index contributed by atoms with van der Waals surface area (Å²) in [4.78, 5) is 0. The highest BCUT2D eigenvalue weighted by molar-refractivity contribution is 6.30. The zero-order valence-corrected chi connectivity index (χ0v) is 11.6. The number of anilines is 1. The summed E-state index contributed by atoms with van der Waals surface area (Å²) in [6, 6.07) is 12.4. The maximum atomic E-state index is 13.8. The van der Waals surface area contributed by atoms with Crippen molar-refractivity contribution < 1.29 is 9.50 Å². The molecule has 1 aliphatic carbocycles. The molecule has 0 saturated heterocycles. The second kappa shape index (κ2) is 5.08. The first kappa shape index (κ1) is 13.4. The number of hydrogen-bond donors (Lipinski definition) is 2. The average molecular weight is 292 g/mol. The maximum absolute atomic E-state index is 13.8. The van der Waals surface area contributed by atoms with Crippen molar-refractivity contribution in [3.63, 3.8) is 0 Å². The largest absolute Gasteiger partial charge is 0.394 e. The van der Waals surface area contributed by atoms with Gasteiger partial charge >= 0.3 is 0 Å². The Morgan fingerprint density at radius 1 is 1.25 bits per heavy atom. The third-order valence-corrected chi connectivity index (χ3v) is 4.15. The predicted octanol–water partition coefficient (Wildman–Crippen LogP) is 3.73. The van der Waals surface area contributed by atoms with Crippen molar-refractivity contribution in [3.05, 3.63) is 64.4 Å². The van der Waals surface area contributed by atoms with Crippen LogP contribution in [0.1, 0.15) is 17.5 Å². The zero-order valence-electron chi connectivity index (χ0n) is 10.9. The van der Waals surface area contributed by atoms with Crippen LogP contribution < -0.4 is 5.32 Å². The van der Waals surface area contributed by atoms with Gasteiger partial charge in [0.15, 0.2) is 0 Å². The minimum absolute atomic E-state index is 0.0873. The van der Waals surface area contributed by atoms with E-state index in [0.29, 0.717) is 23.4 Å². The molecule has 20 heavy (non-hydrogen) atoms. The van der Waals surface area contributed by atoms with E-state index in [2.05, 4.69) is 5.32 Å². The van der Waals surface area contributed by atoms with E-state index >= 15 is 0 Å². The van der Waals surface area contributed by atoms with Crippen LogP contribution in [0, 0.1) is 5.82 Å². The highest BCUT2D eigenvalue weighted by Gasteiger charge is 2.39. The third-order valence-electron chi connectivity index (χ3n) is 3.91. The molecule has 1 unspecified atom stereocenters. The average Bonchev–Trinajstić information content (AvgIpc) is 2.80. The van der Waals surface area contributed by atoms with E-state index < -0.39 is 5.54 Å². The molecule has 1 atom stereocenters. The van der Waals surface area contributed by atoms with E-state index in [1.165, 1.54) is 6.07 Å². The molecule has 0 amide bonds. The Balaban J connectivity index is 2.01. The maximum Gasteiger partial charge on any atom is 0.126 e. The standard InChI is InChI=1S/C16H15ClFNO/c17-11-3-1-4-12(9-11)19-16(10-20)8-7-13-14(16)5-2-6-15(13)18/h1-6,9,19-20H,7-8,10H2. The second-order valence-corrected chi connectivity index (χ2v) is 5.58. The van der Waals surface area contributed by atoms with Crippen molar-refractivity contribution in [3.8, 4) is 0 Å². The quantitative estimate of drug-likeness (QED) is 0.903. The van der Waals surface area contributed by atoms with E-state index in [1.54, 1.807) is 18.2 Å². The number of nitrogens with one attached hydrogen (secondary N) is 1. The molecule has 3 rings (SSSR count). The van der Waals surface area contributed by atoms with Crippen LogP contribution in [-0.4, -0.2) is 11.7 Å². The lowest BCUT2D eigenvalue weighted by Gasteiger charge is -2.31. The Morgan fingerprint density at radius 3 is 2.80 bits per heavy atom. The van der Waals surface area contributed by atoms with Gasteiger partial charge in [0.2, 0.25) is 0 Å².